The standard InChI is InChI=1S/C25H24F2N2O4S2/c26-20-7-4-8-21(27)23(20)22(13-15-30)28-24(31)25-29(14-16-34-25)35(32,33)19-11-9-18(10-12-19)17-5-2-1-3-6-17/h1-12,22,25,30H,13-16H2,(H,28,31)/t22-,25?/m1/s1. The van der Waals surface area contributed by atoms with Gasteiger partial charge in [-0.2, -0.15) is 4.31 Å². The molecule has 0 bridgehead atoms. The topological polar surface area (TPSA) is 86.7 Å². The van der Waals surface area contributed by atoms with Crippen molar-refractivity contribution in [2.24, 2.45) is 0 Å². The SMILES string of the molecule is O=C(N[C@H](CCO)c1c(F)cccc1F)C1SCCN1S(=O)(=O)c1ccc(-c2ccccc2)cc1. The molecule has 2 atom stereocenters. The monoisotopic (exact) mass is 518 g/mol. The summed E-state index contributed by atoms with van der Waals surface area (Å²) < 4.78 is 56.4. The van der Waals surface area contributed by atoms with Crippen LogP contribution < -0.4 is 5.32 Å². The van der Waals surface area contributed by atoms with Crippen molar-refractivity contribution >= 4 is 27.7 Å². The summed E-state index contributed by atoms with van der Waals surface area (Å²) in [5, 5.41) is 10.8. The molecule has 0 aliphatic carbocycles. The van der Waals surface area contributed by atoms with Gasteiger partial charge in [-0.05, 0) is 41.8 Å². The Hall–Kier alpha value is -2.79. The lowest BCUT2D eigenvalue weighted by Gasteiger charge is -2.26. The number of carbonyl (C=O) groups excluding carboxylic acids is 1. The summed E-state index contributed by atoms with van der Waals surface area (Å²) in [5.41, 5.74) is 1.43. The van der Waals surface area contributed by atoms with Crippen LogP contribution in [0.1, 0.15) is 18.0 Å². The first-order valence-electron chi connectivity index (χ1n) is 11.0. The Morgan fingerprint density at radius 2 is 1.63 bits per heavy atom. The fraction of sp³-hybridized carbons (Fsp3) is 0.240. The highest BCUT2D eigenvalue weighted by molar-refractivity contribution is 8.02. The third-order valence-corrected chi connectivity index (χ3v) is 8.94. The van der Waals surface area contributed by atoms with E-state index in [2.05, 4.69) is 5.32 Å². The predicted molar refractivity (Wildman–Crippen MR) is 131 cm³/mol. The average molecular weight is 519 g/mol. The zero-order valence-electron chi connectivity index (χ0n) is 18.6. The van der Waals surface area contributed by atoms with Gasteiger partial charge in [0, 0.05) is 24.5 Å². The van der Waals surface area contributed by atoms with E-state index in [4.69, 9.17) is 0 Å². The number of amides is 1. The van der Waals surface area contributed by atoms with Gasteiger partial charge in [-0.3, -0.25) is 4.79 Å². The Kier molecular flexibility index (Phi) is 7.85. The molecular formula is C25H24F2N2O4S2. The van der Waals surface area contributed by atoms with Crippen molar-refractivity contribution in [2.75, 3.05) is 18.9 Å². The molecule has 0 spiro atoms. The molecule has 1 heterocycles. The molecule has 1 saturated heterocycles. The van der Waals surface area contributed by atoms with Crippen molar-refractivity contribution in [1.82, 2.24) is 9.62 Å². The molecule has 1 aliphatic rings. The van der Waals surface area contributed by atoms with Gasteiger partial charge in [0.05, 0.1) is 10.9 Å². The van der Waals surface area contributed by atoms with Crippen molar-refractivity contribution in [3.8, 4) is 11.1 Å². The number of benzene rings is 3. The van der Waals surface area contributed by atoms with Crippen LogP contribution in [0.5, 0.6) is 0 Å². The predicted octanol–water partition coefficient (Wildman–Crippen LogP) is 3.94. The fourth-order valence-electron chi connectivity index (χ4n) is 4.00. The summed E-state index contributed by atoms with van der Waals surface area (Å²) in [4.78, 5) is 13.1. The van der Waals surface area contributed by atoms with E-state index in [9.17, 15) is 27.1 Å². The van der Waals surface area contributed by atoms with Crippen LogP contribution in [0.4, 0.5) is 8.78 Å². The van der Waals surface area contributed by atoms with Gasteiger partial charge in [0.25, 0.3) is 0 Å². The molecule has 0 radical (unpaired) electrons. The highest BCUT2D eigenvalue weighted by atomic mass is 32.2. The minimum Gasteiger partial charge on any atom is -0.396 e. The van der Waals surface area contributed by atoms with Crippen molar-refractivity contribution in [3.63, 3.8) is 0 Å². The lowest BCUT2D eigenvalue weighted by atomic mass is 10.0. The van der Waals surface area contributed by atoms with E-state index < -0.39 is 45.6 Å². The van der Waals surface area contributed by atoms with E-state index in [0.717, 1.165) is 39.3 Å². The molecule has 1 amide bonds. The Bertz CT molecular complexity index is 1270. The lowest BCUT2D eigenvalue weighted by Crippen LogP contribution is -2.46. The van der Waals surface area contributed by atoms with Crippen LogP contribution in [0.15, 0.2) is 77.7 Å². The molecule has 0 aromatic heterocycles. The number of aliphatic hydroxyl groups is 1. The molecule has 3 aromatic rings. The fourth-order valence-corrected chi connectivity index (χ4v) is 7.08. The molecule has 35 heavy (non-hydrogen) atoms. The van der Waals surface area contributed by atoms with E-state index in [1.54, 1.807) is 12.1 Å². The van der Waals surface area contributed by atoms with Crippen LogP contribution in [0.3, 0.4) is 0 Å². The number of nitrogens with zero attached hydrogens (tertiary/aromatic N) is 1. The van der Waals surface area contributed by atoms with Crippen LogP contribution in [-0.4, -0.2) is 48.0 Å². The Balaban J connectivity index is 1.55. The van der Waals surface area contributed by atoms with Crippen LogP contribution in [-0.2, 0) is 14.8 Å². The van der Waals surface area contributed by atoms with Crippen molar-refractivity contribution < 1.29 is 27.1 Å². The maximum absolute atomic E-state index is 14.3. The van der Waals surface area contributed by atoms with Gasteiger partial charge in [-0.1, -0.05) is 48.5 Å². The molecule has 10 heteroatoms. The number of hydrogen-bond acceptors (Lipinski definition) is 5. The van der Waals surface area contributed by atoms with Crippen molar-refractivity contribution in [1.29, 1.82) is 0 Å². The maximum atomic E-state index is 14.3. The zero-order chi connectivity index (χ0) is 25.0. The molecule has 4 rings (SSSR count). The highest BCUT2D eigenvalue weighted by Gasteiger charge is 2.41. The first-order valence-corrected chi connectivity index (χ1v) is 13.5. The summed E-state index contributed by atoms with van der Waals surface area (Å²) >= 11 is 1.13. The largest absolute Gasteiger partial charge is 0.396 e. The molecule has 3 aromatic carbocycles. The van der Waals surface area contributed by atoms with E-state index in [1.807, 2.05) is 30.3 Å². The molecule has 1 unspecified atom stereocenters. The molecular weight excluding hydrogens is 494 g/mol. The number of carbonyl (C=O) groups is 1. The number of halogens is 2. The van der Waals surface area contributed by atoms with Crippen LogP contribution in [0.2, 0.25) is 0 Å². The average Bonchev–Trinajstić information content (AvgIpc) is 3.36. The van der Waals surface area contributed by atoms with Gasteiger partial charge < -0.3 is 10.4 Å². The smallest absolute Gasteiger partial charge is 0.249 e. The second kappa shape index (κ2) is 10.9. The van der Waals surface area contributed by atoms with E-state index in [0.29, 0.717) is 5.75 Å². The van der Waals surface area contributed by atoms with Gasteiger partial charge >= 0.3 is 0 Å². The van der Waals surface area contributed by atoms with Gasteiger partial charge in [-0.25, -0.2) is 17.2 Å². The summed E-state index contributed by atoms with van der Waals surface area (Å²) in [7, 11) is -4.01. The first-order chi connectivity index (χ1) is 16.8. The minimum absolute atomic E-state index is 0.0459. The van der Waals surface area contributed by atoms with Crippen LogP contribution in [0.25, 0.3) is 11.1 Å². The number of thioether (sulfide) groups is 1. The van der Waals surface area contributed by atoms with Gasteiger partial charge in [0.1, 0.15) is 17.0 Å². The number of aliphatic hydroxyl groups excluding tert-OH is 1. The zero-order valence-corrected chi connectivity index (χ0v) is 20.2. The lowest BCUT2D eigenvalue weighted by molar-refractivity contribution is -0.123. The van der Waals surface area contributed by atoms with Crippen LogP contribution in [0, 0.1) is 11.6 Å². The summed E-state index contributed by atoms with van der Waals surface area (Å²) in [6.45, 7) is -0.309. The van der Waals surface area contributed by atoms with E-state index >= 15 is 0 Å². The molecule has 2 N–H and O–H groups in total. The summed E-state index contributed by atoms with van der Waals surface area (Å²) in [6, 6.07) is 18.1. The molecule has 184 valence electrons. The summed E-state index contributed by atoms with van der Waals surface area (Å²) in [5.74, 6) is -2.02. The first kappa shape index (κ1) is 25.3. The third-order valence-electron chi connectivity index (χ3n) is 5.72. The second-order valence-corrected chi connectivity index (χ2v) is 11.0. The Labute approximate surface area is 207 Å². The second-order valence-electron chi connectivity index (χ2n) is 7.94. The van der Waals surface area contributed by atoms with Gasteiger partial charge in [0.15, 0.2) is 0 Å². The molecule has 1 fully saturated rings. The Morgan fingerprint density at radius 1 is 1.00 bits per heavy atom. The van der Waals surface area contributed by atoms with E-state index in [1.165, 1.54) is 18.2 Å². The number of nitrogens with one attached hydrogen (secondary N) is 1. The molecule has 0 saturated carbocycles. The number of sulfonamides is 1. The van der Waals surface area contributed by atoms with Crippen molar-refractivity contribution in [2.45, 2.75) is 22.7 Å². The maximum Gasteiger partial charge on any atom is 0.249 e. The molecule has 6 nitrogen and oxygen atoms in total. The van der Waals surface area contributed by atoms with Gasteiger partial charge in [0.2, 0.25) is 15.9 Å². The van der Waals surface area contributed by atoms with Crippen molar-refractivity contribution in [3.05, 3.63) is 90.0 Å². The summed E-state index contributed by atoms with van der Waals surface area (Å²) in [6.07, 6.45) is -0.130. The normalized spacial score (nSPS) is 17.3. The Morgan fingerprint density at radius 3 is 2.26 bits per heavy atom. The molecule has 1 aliphatic heterocycles. The quantitative estimate of drug-likeness (QED) is 0.472. The minimum atomic E-state index is -4.01. The third kappa shape index (κ3) is 5.40. The highest BCUT2D eigenvalue weighted by Crippen LogP contribution is 2.32. The number of rotatable bonds is 8. The van der Waals surface area contributed by atoms with E-state index in [-0.39, 0.29) is 23.4 Å². The van der Waals surface area contributed by atoms with Gasteiger partial charge in [-0.15, -0.1) is 11.8 Å². The van der Waals surface area contributed by atoms with Crippen LogP contribution >= 0.6 is 11.8 Å². The number of hydrogen-bond donors (Lipinski definition) is 2.